The molecule has 41 heavy (non-hydrogen) atoms. The third-order valence-electron chi connectivity index (χ3n) is 7.95. The van der Waals surface area contributed by atoms with E-state index in [0.29, 0.717) is 13.2 Å². The van der Waals surface area contributed by atoms with E-state index in [1.165, 1.54) is 147 Å². The molecule has 242 valence electrons. The van der Waals surface area contributed by atoms with Crippen molar-refractivity contribution < 1.29 is 19.1 Å². The summed E-state index contributed by atoms with van der Waals surface area (Å²) in [5.74, 6) is 1.05. The van der Waals surface area contributed by atoms with Crippen LogP contribution in [0.25, 0.3) is 0 Å². The van der Waals surface area contributed by atoms with Crippen molar-refractivity contribution in [1.29, 1.82) is 0 Å². The highest BCUT2D eigenvalue weighted by Crippen LogP contribution is 2.24. The number of esters is 2. The lowest BCUT2D eigenvalue weighted by molar-refractivity contribution is -0.138. The SMILES string of the molecule is C=CC(=O)OCCCC(CCCCC)CCCCCC.C=CC(=O)OCCCC(CCCCCC)CCCCCC. The van der Waals surface area contributed by atoms with Crippen LogP contribution in [0.4, 0.5) is 0 Å². The molecule has 4 heteroatoms. The van der Waals surface area contributed by atoms with Gasteiger partial charge in [-0.25, -0.2) is 9.59 Å². The molecule has 1 unspecified atom stereocenters. The average molecular weight is 579 g/mol. The predicted octanol–water partition coefficient (Wildman–Crippen LogP) is 11.7. The van der Waals surface area contributed by atoms with Gasteiger partial charge >= 0.3 is 11.9 Å². The Bertz CT molecular complexity index is 573. The van der Waals surface area contributed by atoms with Gasteiger partial charge in [-0.2, -0.15) is 0 Å². The second kappa shape index (κ2) is 34.6. The fraction of sp³-hybridized carbons (Fsp3) is 0.838. The van der Waals surface area contributed by atoms with E-state index < -0.39 is 0 Å². The topological polar surface area (TPSA) is 52.6 Å². The standard InChI is InChI=1S/C19H36O2.C18H34O2/c1-4-7-9-11-14-18(15-12-10-8-5-2)16-13-17-21-19(20)6-3;1-4-7-9-11-14-17(13-10-8-5-2)15-12-16-20-18(19)6-3/h6,18H,3-5,7-17H2,1-2H3;6,17H,3-5,7-16H2,1-2H3. The predicted molar refractivity (Wildman–Crippen MR) is 178 cm³/mol. The van der Waals surface area contributed by atoms with Crippen LogP contribution in [0, 0.1) is 11.8 Å². The molecule has 4 nitrogen and oxygen atoms in total. The van der Waals surface area contributed by atoms with Gasteiger partial charge in [-0.1, -0.05) is 163 Å². The first-order valence-corrected chi connectivity index (χ1v) is 17.6. The number of carbonyl (C=O) groups is 2. The van der Waals surface area contributed by atoms with E-state index in [1.54, 1.807) is 0 Å². The first-order chi connectivity index (χ1) is 20.0. The van der Waals surface area contributed by atoms with Crippen molar-refractivity contribution in [1.82, 2.24) is 0 Å². The number of hydrogen-bond acceptors (Lipinski definition) is 4. The second-order valence-corrected chi connectivity index (χ2v) is 11.8. The Balaban J connectivity index is 0. The van der Waals surface area contributed by atoms with E-state index in [9.17, 15) is 9.59 Å². The highest BCUT2D eigenvalue weighted by molar-refractivity contribution is 5.81. The van der Waals surface area contributed by atoms with Gasteiger partial charge in [0.05, 0.1) is 13.2 Å². The van der Waals surface area contributed by atoms with Crippen LogP contribution in [0.1, 0.15) is 175 Å². The zero-order chi connectivity index (χ0) is 30.8. The summed E-state index contributed by atoms with van der Waals surface area (Å²) in [5, 5.41) is 0. The molecule has 0 amide bonds. The summed E-state index contributed by atoms with van der Waals surface area (Å²) in [6.45, 7) is 16.9. The maximum atomic E-state index is 11.0. The van der Waals surface area contributed by atoms with Crippen LogP contribution < -0.4 is 0 Å². The Morgan fingerprint density at radius 1 is 0.463 bits per heavy atom. The Hall–Kier alpha value is -1.58. The van der Waals surface area contributed by atoms with Gasteiger partial charge in [0.25, 0.3) is 0 Å². The monoisotopic (exact) mass is 579 g/mol. The lowest BCUT2D eigenvalue weighted by atomic mass is 9.91. The highest BCUT2D eigenvalue weighted by atomic mass is 16.5. The number of ether oxygens (including phenoxy) is 2. The molecule has 0 aliphatic carbocycles. The van der Waals surface area contributed by atoms with Crippen LogP contribution in [0.15, 0.2) is 25.3 Å². The minimum absolute atomic E-state index is 0.294. The molecule has 0 bridgehead atoms. The largest absolute Gasteiger partial charge is 0.463 e. The number of rotatable bonds is 29. The molecule has 0 aromatic heterocycles. The highest BCUT2D eigenvalue weighted by Gasteiger charge is 2.10. The molecule has 0 aromatic rings. The zero-order valence-electron chi connectivity index (χ0n) is 28.0. The molecule has 0 aliphatic heterocycles. The number of unbranched alkanes of at least 4 members (excludes halogenated alkanes) is 11. The molecule has 1 atom stereocenters. The minimum atomic E-state index is -0.296. The fourth-order valence-electron chi connectivity index (χ4n) is 5.34. The summed E-state index contributed by atoms with van der Waals surface area (Å²) in [4.78, 5) is 22.0. The normalized spacial score (nSPS) is 11.4. The first kappa shape index (κ1) is 41.6. The summed E-state index contributed by atoms with van der Waals surface area (Å²) >= 11 is 0. The average Bonchev–Trinajstić information content (AvgIpc) is 2.99. The quantitative estimate of drug-likeness (QED) is 0.0503. The smallest absolute Gasteiger partial charge is 0.330 e. The van der Waals surface area contributed by atoms with Crippen molar-refractivity contribution in [2.75, 3.05) is 13.2 Å². The molecule has 0 rings (SSSR count). The van der Waals surface area contributed by atoms with Gasteiger partial charge in [0.2, 0.25) is 0 Å². The zero-order valence-corrected chi connectivity index (χ0v) is 28.0. The first-order valence-electron chi connectivity index (χ1n) is 17.6. The maximum absolute atomic E-state index is 11.0. The van der Waals surface area contributed by atoms with Crippen molar-refractivity contribution >= 4 is 11.9 Å². The second-order valence-electron chi connectivity index (χ2n) is 11.8. The maximum Gasteiger partial charge on any atom is 0.330 e. The Labute approximate surface area is 256 Å². The summed E-state index contributed by atoms with van der Waals surface area (Å²) < 4.78 is 10.1. The Morgan fingerprint density at radius 2 is 0.732 bits per heavy atom. The van der Waals surface area contributed by atoms with Gasteiger partial charge in [-0.05, 0) is 37.5 Å². The third kappa shape index (κ3) is 32.8. The van der Waals surface area contributed by atoms with Crippen molar-refractivity contribution in [2.24, 2.45) is 11.8 Å². The van der Waals surface area contributed by atoms with E-state index in [-0.39, 0.29) is 11.9 Å². The summed E-state index contributed by atoms with van der Waals surface area (Å²) in [5.41, 5.74) is 0. The van der Waals surface area contributed by atoms with Crippen LogP contribution in [0.3, 0.4) is 0 Å². The molecule has 0 N–H and O–H groups in total. The Kier molecular flexibility index (Phi) is 35.1. The van der Waals surface area contributed by atoms with Crippen LogP contribution in [0.2, 0.25) is 0 Å². The van der Waals surface area contributed by atoms with Crippen molar-refractivity contribution in [3.8, 4) is 0 Å². The molecule has 0 saturated heterocycles. The van der Waals surface area contributed by atoms with Crippen molar-refractivity contribution in [2.45, 2.75) is 175 Å². The molecule has 0 spiro atoms. The van der Waals surface area contributed by atoms with Gasteiger partial charge in [-0.3, -0.25) is 0 Å². The molecule has 0 aromatic carbocycles. The molecular formula is C37H70O4. The summed E-state index contributed by atoms with van der Waals surface area (Å²) in [7, 11) is 0. The van der Waals surface area contributed by atoms with E-state index in [2.05, 4.69) is 40.9 Å². The number of carbonyl (C=O) groups excluding carboxylic acids is 2. The minimum Gasteiger partial charge on any atom is -0.463 e. The summed E-state index contributed by atoms with van der Waals surface area (Å²) in [6, 6.07) is 0. The molecule has 0 fully saturated rings. The van der Waals surface area contributed by atoms with Crippen LogP contribution >= 0.6 is 0 Å². The lowest BCUT2D eigenvalue weighted by Crippen LogP contribution is -2.06. The van der Waals surface area contributed by atoms with Gasteiger partial charge < -0.3 is 9.47 Å². The van der Waals surface area contributed by atoms with E-state index in [1.807, 2.05) is 0 Å². The van der Waals surface area contributed by atoms with E-state index >= 15 is 0 Å². The third-order valence-corrected chi connectivity index (χ3v) is 7.95. The van der Waals surface area contributed by atoms with Gasteiger partial charge in [-0.15, -0.1) is 0 Å². The number of hydrogen-bond donors (Lipinski definition) is 0. The van der Waals surface area contributed by atoms with Crippen LogP contribution in [-0.4, -0.2) is 25.2 Å². The van der Waals surface area contributed by atoms with Crippen molar-refractivity contribution in [3.63, 3.8) is 0 Å². The molecular weight excluding hydrogens is 508 g/mol. The molecule has 0 aliphatic rings. The fourth-order valence-corrected chi connectivity index (χ4v) is 5.34. The van der Waals surface area contributed by atoms with Crippen molar-refractivity contribution in [3.05, 3.63) is 25.3 Å². The van der Waals surface area contributed by atoms with E-state index in [0.717, 1.165) is 24.7 Å². The molecule has 0 radical (unpaired) electrons. The van der Waals surface area contributed by atoms with Gasteiger partial charge in [0, 0.05) is 12.2 Å². The summed E-state index contributed by atoms with van der Waals surface area (Å²) in [6.07, 6.45) is 32.4. The molecule has 0 saturated carbocycles. The Morgan fingerprint density at radius 3 is 1.02 bits per heavy atom. The van der Waals surface area contributed by atoms with Gasteiger partial charge in [0.15, 0.2) is 0 Å². The van der Waals surface area contributed by atoms with E-state index in [4.69, 9.17) is 9.47 Å². The van der Waals surface area contributed by atoms with Crippen LogP contribution in [0.5, 0.6) is 0 Å². The molecule has 0 heterocycles. The van der Waals surface area contributed by atoms with Crippen LogP contribution in [-0.2, 0) is 19.1 Å². The lowest BCUT2D eigenvalue weighted by Gasteiger charge is -2.16. The van der Waals surface area contributed by atoms with Gasteiger partial charge in [0.1, 0.15) is 0 Å².